The third kappa shape index (κ3) is 6.45. The molecule has 0 unspecified atom stereocenters. The fourth-order valence-corrected chi connectivity index (χ4v) is 1.74. The molecule has 4 heteroatoms. The third-order valence-corrected chi connectivity index (χ3v) is 2.99. The van der Waals surface area contributed by atoms with Crippen LogP contribution in [0.15, 0.2) is 29.3 Å². The summed E-state index contributed by atoms with van der Waals surface area (Å²) >= 11 is 0. The van der Waals surface area contributed by atoms with Crippen LogP contribution in [-0.2, 0) is 6.54 Å². The molecule has 0 aliphatic rings. The van der Waals surface area contributed by atoms with Crippen LogP contribution in [0, 0.1) is 5.41 Å². The monoisotopic (exact) mass is 277 g/mol. The summed E-state index contributed by atoms with van der Waals surface area (Å²) in [7, 11) is 3.47. The lowest BCUT2D eigenvalue weighted by molar-refractivity contribution is 0.377. The maximum atomic E-state index is 5.22. The Morgan fingerprint density at radius 1 is 1.25 bits per heavy atom. The van der Waals surface area contributed by atoms with Crippen molar-refractivity contribution >= 4 is 5.96 Å². The zero-order valence-corrected chi connectivity index (χ0v) is 13.3. The highest BCUT2D eigenvalue weighted by atomic mass is 16.5. The smallest absolute Gasteiger partial charge is 0.191 e. The molecule has 0 saturated heterocycles. The molecule has 20 heavy (non-hydrogen) atoms. The molecule has 0 saturated carbocycles. The van der Waals surface area contributed by atoms with Crippen molar-refractivity contribution in [2.75, 3.05) is 20.7 Å². The van der Waals surface area contributed by atoms with Crippen molar-refractivity contribution in [1.29, 1.82) is 0 Å². The Hall–Kier alpha value is -1.71. The normalized spacial score (nSPS) is 12.2. The van der Waals surface area contributed by atoms with Crippen molar-refractivity contribution in [3.63, 3.8) is 0 Å². The topological polar surface area (TPSA) is 45.7 Å². The van der Waals surface area contributed by atoms with Gasteiger partial charge in [-0.3, -0.25) is 4.99 Å². The molecule has 0 aliphatic carbocycles. The third-order valence-electron chi connectivity index (χ3n) is 2.99. The van der Waals surface area contributed by atoms with Crippen LogP contribution in [0.4, 0.5) is 0 Å². The van der Waals surface area contributed by atoms with Gasteiger partial charge in [0, 0.05) is 20.1 Å². The second-order valence-electron chi connectivity index (χ2n) is 6.01. The van der Waals surface area contributed by atoms with E-state index in [0.29, 0.717) is 5.41 Å². The second-order valence-corrected chi connectivity index (χ2v) is 6.01. The van der Waals surface area contributed by atoms with Crippen molar-refractivity contribution in [2.24, 2.45) is 10.4 Å². The van der Waals surface area contributed by atoms with Gasteiger partial charge >= 0.3 is 0 Å². The molecular formula is C16H27N3O. The molecule has 112 valence electrons. The summed E-state index contributed by atoms with van der Waals surface area (Å²) in [5.74, 6) is 1.71. The van der Waals surface area contributed by atoms with Crippen molar-refractivity contribution in [3.8, 4) is 5.75 Å². The number of methoxy groups -OCH3 is 1. The lowest BCUT2D eigenvalue weighted by Crippen LogP contribution is -2.38. The maximum Gasteiger partial charge on any atom is 0.191 e. The molecule has 0 bridgehead atoms. The highest BCUT2D eigenvalue weighted by Crippen LogP contribution is 2.16. The summed E-state index contributed by atoms with van der Waals surface area (Å²) < 4.78 is 5.22. The zero-order valence-electron chi connectivity index (χ0n) is 13.3. The van der Waals surface area contributed by atoms with Gasteiger partial charge in [-0.25, -0.2) is 0 Å². The van der Waals surface area contributed by atoms with E-state index in [0.717, 1.165) is 31.2 Å². The van der Waals surface area contributed by atoms with Gasteiger partial charge in [0.05, 0.1) is 7.11 Å². The lowest BCUT2D eigenvalue weighted by Gasteiger charge is -2.19. The number of hydrogen-bond acceptors (Lipinski definition) is 2. The SMILES string of the molecule is CN=C(NCCC(C)(C)C)NCc1cccc(OC)c1. The molecule has 0 aliphatic heterocycles. The van der Waals surface area contributed by atoms with Gasteiger partial charge in [-0.15, -0.1) is 0 Å². The average Bonchev–Trinajstić information content (AvgIpc) is 2.41. The van der Waals surface area contributed by atoms with Crippen molar-refractivity contribution in [1.82, 2.24) is 10.6 Å². The van der Waals surface area contributed by atoms with Gasteiger partial charge in [0.25, 0.3) is 0 Å². The van der Waals surface area contributed by atoms with Crippen LogP contribution in [-0.4, -0.2) is 26.7 Å². The Labute approximate surface area is 122 Å². The van der Waals surface area contributed by atoms with Crippen LogP contribution in [0.5, 0.6) is 5.75 Å². The fourth-order valence-electron chi connectivity index (χ4n) is 1.74. The second kappa shape index (κ2) is 7.78. The standard InChI is InChI=1S/C16H27N3O/c1-16(2,3)9-10-18-15(17-4)19-12-13-7-6-8-14(11-13)20-5/h6-8,11H,9-10,12H2,1-5H3,(H2,17,18,19). The number of nitrogens with one attached hydrogen (secondary N) is 2. The first-order valence-corrected chi connectivity index (χ1v) is 7.02. The molecule has 2 N–H and O–H groups in total. The van der Waals surface area contributed by atoms with E-state index in [1.807, 2.05) is 18.2 Å². The van der Waals surface area contributed by atoms with Crippen LogP contribution in [0.3, 0.4) is 0 Å². The Balaban J connectivity index is 2.41. The fraction of sp³-hybridized carbons (Fsp3) is 0.562. The molecule has 1 rings (SSSR count). The van der Waals surface area contributed by atoms with Crippen LogP contribution >= 0.6 is 0 Å². The molecule has 1 aromatic carbocycles. The van der Waals surface area contributed by atoms with Crippen LogP contribution in [0.1, 0.15) is 32.8 Å². The average molecular weight is 277 g/mol. The summed E-state index contributed by atoms with van der Waals surface area (Å²) in [4.78, 5) is 4.23. The Morgan fingerprint density at radius 2 is 2.00 bits per heavy atom. The minimum absolute atomic E-state index is 0.332. The molecule has 0 amide bonds. The summed E-state index contributed by atoms with van der Waals surface area (Å²) in [5, 5.41) is 6.64. The van der Waals surface area contributed by atoms with E-state index in [1.165, 1.54) is 5.56 Å². The summed E-state index contributed by atoms with van der Waals surface area (Å²) in [6.07, 6.45) is 1.10. The number of guanidine groups is 1. The largest absolute Gasteiger partial charge is 0.497 e. The van der Waals surface area contributed by atoms with Crippen LogP contribution < -0.4 is 15.4 Å². The van der Waals surface area contributed by atoms with Gasteiger partial charge < -0.3 is 15.4 Å². The number of benzene rings is 1. The Bertz CT molecular complexity index is 436. The van der Waals surface area contributed by atoms with Crippen molar-refractivity contribution in [3.05, 3.63) is 29.8 Å². The molecule has 0 radical (unpaired) electrons. The molecule has 0 spiro atoms. The Kier molecular flexibility index (Phi) is 6.36. The van der Waals surface area contributed by atoms with Gasteiger partial charge in [0.15, 0.2) is 5.96 Å². The van der Waals surface area contributed by atoms with E-state index < -0.39 is 0 Å². The Morgan fingerprint density at radius 3 is 2.60 bits per heavy atom. The van der Waals surface area contributed by atoms with Gasteiger partial charge in [0.2, 0.25) is 0 Å². The molecule has 4 nitrogen and oxygen atoms in total. The van der Waals surface area contributed by atoms with Crippen LogP contribution in [0.2, 0.25) is 0 Å². The predicted molar refractivity (Wildman–Crippen MR) is 85.3 cm³/mol. The van der Waals surface area contributed by atoms with E-state index in [-0.39, 0.29) is 0 Å². The summed E-state index contributed by atoms with van der Waals surface area (Å²) in [5.41, 5.74) is 1.50. The molecule has 0 heterocycles. The molecule has 0 atom stereocenters. The lowest BCUT2D eigenvalue weighted by atomic mass is 9.92. The zero-order chi connectivity index (χ0) is 15.0. The summed E-state index contributed by atoms with van der Waals surface area (Å²) in [6, 6.07) is 8.03. The number of aliphatic imine (C=N–C) groups is 1. The van der Waals surface area contributed by atoms with Crippen LogP contribution in [0.25, 0.3) is 0 Å². The number of nitrogens with zero attached hydrogens (tertiary/aromatic N) is 1. The molecule has 1 aromatic rings. The molecule has 0 fully saturated rings. The maximum absolute atomic E-state index is 5.22. The van der Waals surface area contributed by atoms with E-state index in [9.17, 15) is 0 Å². The highest BCUT2D eigenvalue weighted by Gasteiger charge is 2.09. The molecule has 0 aromatic heterocycles. The first-order chi connectivity index (χ1) is 9.44. The van der Waals surface area contributed by atoms with Gasteiger partial charge in [-0.1, -0.05) is 32.9 Å². The van der Waals surface area contributed by atoms with E-state index in [2.05, 4.69) is 42.5 Å². The first kappa shape index (κ1) is 16.3. The van der Waals surface area contributed by atoms with Crippen molar-refractivity contribution in [2.45, 2.75) is 33.7 Å². The summed E-state index contributed by atoms with van der Waals surface area (Å²) in [6.45, 7) is 8.36. The minimum atomic E-state index is 0.332. The van der Waals surface area contributed by atoms with Gasteiger partial charge in [-0.2, -0.15) is 0 Å². The number of rotatable bonds is 5. The number of ether oxygens (including phenoxy) is 1. The minimum Gasteiger partial charge on any atom is -0.497 e. The van der Waals surface area contributed by atoms with E-state index >= 15 is 0 Å². The quantitative estimate of drug-likeness (QED) is 0.642. The first-order valence-electron chi connectivity index (χ1n) is 7.02. The molecular weight excluding hydrogens is 250 g/mol. The van der Waals surface area contributed by atoms with E-state index in [4.69, 9.17) is 4.74 Å². The van der Waals surface area contributed by atoms with Crippen molar-refractivity contribution < 1.29 is 4.74 Å². The van der Waals surface area contributed by atoms with Gasteiger partial charge in [-0.05, 0) is 29.5 Å². The predicted octanol–water partition coefficient (Wildman–Crippen LogP) is 2.80. The highest BCUT2D eigenvalue weighted by molar-refractivity contribution is 5.79. The number of hydrogen-bond donors (Lipinski definition) is 2. The van der Waals surface area contributed by atoms with E-state index in [1.54, 1.807) is 14.2 Å². The van der Waals surface area contributed by atoms with Gasteiger partial charge in [0.1, 0.15) is 5.75 Å².